The average molecular weight is 1230 g/mol. The highest BCUT2D eigenvalue weighted by Crippen LogP contribution is 2.26. The summed E-state index contributed by atoms with van der Waals surface area (Å²) in [5.41, 5.74) is 5.87. The second kappa shape index (κ2) is 31.3. The van der Waals surface area contributed by atoms with E-state index in [0.717, 1.165) is 47.4 Å². The van der Waals surface area contributed by atoms with Crippen molar-refractivity contribution in [3.05, 3.63) is 130 Å². The van der Waals surface area contributed by atoms with Crippen LogP contribution in [0.5, 0.6) is 0 Å². The number of ether oxygens (including phenoxy) is 4. The van der Waals surface area contributed by atoms with Crippen molar-refractivity contribution < 1.29 is 57.3 Å². The molecule has 1 saturated heterocycles. The summed E-state index contributed by atoms with van der Waals surface area (Å²) in [4.78, 5) is 123. The predicted octanol–water partition coefficient (Wildman–Crippen LogP) is 8.78. The number of hydrogen-bond acceptors (Lipinski definition) is 14. The van der Waals surface area contributed by atoms with Crippen molar-refractivity contribution in [1.29, 1.82) is 0 Å². The van der Waals surface area contributed by atoms with Gasteiger partial charge in [0.1, 0.15) is 24.2 Å². The molecule has 0 N–H and O–H groups in total. The molecule has 0 bridgehead atoms. The minimum atomic E-state index is -1.56. The summed E-state index contributed by atoms with van der Waals surface area (Å²) >= 11 is 6.12. The van der Waals surface area contributed by atoms with Gasteiger partial charge in [0.15, 0.2) is 24.4 Å². The number of aryl methyl sites for hydroxylation is 1. The first kappa shape index (κ1) is 69.2. The molecule has 0 saturated carbocycles. The van der Waals surface area contributed by atoms with Crippen LogP contribution in [-0.4, -0.2) is 163 Å². The summed E-state index contributed by atoms with van der Waals surface area (Å²) in [6.45, 7) is 20.4. The molecule has 5 aromatic rings. The molecule has 0 spiro atoms. The van der Waals surface area contributed by atoms with Crippen LogP contribution in [0.1, 0.15) is 123 Å². The lowest BCUT2D eigenvalue weighted by atomic mass is 9.99. The quantitative estimate of drug-likeness (QED) is 0.0627. The number of benzene rings is 3. The Morgan fingerprint density at radius 3 is 1.08 bits per heavy atom. The fourth-order valence-electron chi connectivity index (χ4n) is 10.6. The number of rotatable bonds is 17. The van der Waals surface area contributed by atoms with Crippen LogP contribution in [0.25, 0.3) is 11.1 Å². The summed E-state index contributed by atoms with van der Waals surface area (Å²) in [5, 5.41) is 9.55. The Bertz CT molecular complexity index is 3180. The number of likely N-dealkylation sites (N-methyl/N-ethyl adjacent to an activating group) is 4. The number of nitrogens with zero attached hydrogens (tertiary/aromatic N) is 8. The molecule has 1 fully saturated rings. The zero-order valence-electron chi connectivity index (χ0n) is 53.7. The fraction of sp³-hybridized carbons (Fsp3) is 0.522. The van der Waals surface area contributed by atoms with Gasteiger partial charge in [-0.3, -0.25) is 28.5 Å². The summed E-state index contributed by atoms with van der Waals surface area (Å²) in [7, 11) is 5.57. The lowest BCUT2D eigenvalue weighted by Gasteiger charge is -2.35. The first-order valence-corrected chi connectivity index (χ1v) is 30.7. The average Bonchev–Trinajstić information content (AvgIpc) is 1.95. The molecule has 0 unspecified atom stereocenters. The number of carbonyl (C=O) groups is 8. The smallest absolute Gasteiger partial charge is 0.329 e. The van der Waals surface area contributed by atoms with Crippen LogP contribution < -0.4 is 0 Å². The number of carbonyl (C=O) groups excluding carboxylic acids is 8. The molecule has 20 nitrogen and oxygen atoms in total. The zero-order valence-corrected chi connectivity index (χ0v) is 54.4. The van der Waals surface area contributed by atoms with Crippen molar-refractivity contribution in [2.45, 2.75) is 176 Å². The molecule has 0 aliphatic carbocycles. The van der Waals surface area contributed by atoms with E-state index in [1.807, 2.05) is 135 Å². The fourth-order valence-corrected chi connectivity index (χ4v) is 10.8. The summed E-state index contributed by atoms with van der Waals surface area (Å²) in [6.07, 6.45) is 1.27. The molecule has 1 aliphatic heterocycles. The monoisotopic (exact) mass is 1230 g/mol. The maximum absolute atomic E-state index is 15.1. The normalized spacial score (nSPS) is 22.2. The molecule has 3 aromatic carbocycles. The van der Waals surface area contributed by atoms with Gasteiger partial charge < -0.3 is 38.5 Å². The third-order valence-corrected chi connectivity index (χ3v) is 15.9. The van der Waals surface area contributed by atoms with Crippen LogP contribution >= 0.6 is 11.6 Å². The van der Waals surface area contributed by atoms with E-state index in [9.17, 15) is 28.8 Å². The lowest BCUT2D eigenvalue weighted by Crippen LogP contribution is -2.55. The first-order valence-electron chi connectivity index (χ1n) is 30.3. The van der Waals surface area contributed by atoms with Gasteiger partial charge in [0.25, 0.3) is 23.6 Å². The number of hydrogen-bond donors (Lipinski definition) is 0. The first-order chi connectivity index (χ1) is 41.5. The van der Waals surface area contributed by atoms with Crippen LogP contribution in [0.3, 0.4) is 0 Å². The lowest BCUT2D eigenvalue weighted by molar-refractivity contribution is -0.176. The van der Waals surface area contributed by atoms with Crippen molar-refractivity contribution in [2.75, 3.05) is 28.2 Å². The minimum Gasteiger partial charge on any atom is -0.451 e. The van der Waals surface area contributed by atoms with Crippen molar-refractivity contribution in [1.82, 2.24) is 39.2 Å². The Labute approximate surface area is 523 Å². The van der Waals surface area contributed by atoms with Gasteiger partial charge in [-0.2, -0.15) is 10.2 Å². The molecular formula is C67H89ClN8O12. The van der Waals surface area contributed by atoms with Crippen LogP contribution in [0.4, 0.5) is 0 Å². The van der Waals surface area contributed by atoms with Gasteiger partial charge in [-0.1, -0.05) is 128 Å². The second-order valence-electron chi connectivity index (χ2n) is 25.1. The number of aromatic nitrogens is 4. The molecule has 2 aromatic heterocycles. The number of cyclic esters (lactones) is 4. The van der Waals surface area contributed by atoms with E-state index in [1.54, 1.807) is 33.9 Å². The maximum atomic E-state index is 15.1. The van der Waals surface area contributed by atoms with Crippen LogP contribution in [0.2, 0.25) is 5.02 Å². The summed E-state index contributed by atoms with van der Waals surface area (Å²) in [5.74, 6) is -7.53. The number of amides is 4. The van der Waals surface area contributed by atoms with E-state index in [4.69, 9.17) is 30.5 Å². The third-order valence-electron chi connectivity index (χ3n) is 15.6. The number of esters is 4. The van der Waals surface area contributed by atoms with Crippen molar-refractivity contribution >= 4 is 59.1 Å². The van der Waals surface area contributed by atoms with Crippen molar-refractivity contribution in [2.24, 2.45) is 23.7 Å². The van der Waals surface area contributed by atoms with E-state index < -0.39 is 96.1 Å². The predicted molar refractivity (Wildman–Crippen MR) is 333 cm³/mol. The molecule has 1 aliphatic rings. The van der Waals surface area contributed by atoms with Crippen LogP contribution in [0, 0.1) is 30.6 Å². The third kappa shape index (κ3) is 19.1. The standard InChI is InChI=1S/C67H89ClN8O12/c1-40(2)28-54-64(81)85-46(11)61(78)72(13)57(31-43(7)8)67(84)88-59(33-48-18-22-50(23-19-48)38-76-39-52(35-70-76)51-24-26-53(68)27-25-51)63(80)74(15)55(29-41(3)4)65(82)86-45(10)60(77)71(12)56(30-42(5)6)66(83)87-58(62(79)73(54)14)32-47-16-20-49(21-17-47)37-75-36-44(9)34-69-75/h16-27,34-36,39-43,45-46,54-59H,28-33,37-38H2,1-15H3/t45-,46-,54+,55+,56+,57+,58-,59-/m1/s1. The van der Waals surface area contributed by atoms with E-state index >= 15 is 9.59 Å². The van der Waals surface area contributed by atoms with E-state index in [1.165, 1.54) is 42.0 Å². The molecule has 8 atom stereocenters. The van der Waals surface area contributed by atoms with E-state index in [2.05, 4.69) is 10.2 Å². The molecular weight excluding hydrogens is 1140 g/mol. The van der Waals surface area contributed by atoms with Gasteiger partial charge in [-0.25, -0.2) is 19.2 Å². The minimum absolute atomic E-state index is 0.0706. The molecule has 476 valence electrons. The maximum Gasteiger partial charge on any atom is 0.329 e. The topological polar surface area (TPSA) is 222 Å². The highest BCUT2D eigenvalue weighted by molar-refractivity contribution is 6.30. The number of halogens is 1. The van der Waals surface area contributed by atoms with Crippen LogP contribution in [-0.2, 0) is 83.2 Å². The Morgan fingerprint density at radius 2 is 0.739 bits per heavy atom. The Hall–Kier alpha value is -7.87. The Balaban J connectivity index is 1.37. The Morgan fingerprint density at radius 1 is 0.420 bits per heavy atom. The van der Waals surface area contributed by atoms with Crippen molar-refractivity contribution in [3.63, 3.8) is 0 Å². The van der Waals surface area contributed by atoms with Crippen molar-refractivity contribution in [3.8, 4) is 11.1 Å². The SMILES string of the molecule is Cc1cnn(Cc2ccc(C[C@H]3OC(=O)[C@H](CC(C)C)N(C)C(=O)[C@@H](C)OC(=O)[C@H](CC(C)C)N(C)C(=O)[C@@H](Cc4ccc(Cn5cc(-c6ccc(Cl)cc6)cn5)cc4)OC(=O)[C@H](CC(C)C)N(C)C(=O)[C@@H](C)OC(=O)[C@H](CC(C)C)N(C)C3=O)cc2)c1. The highest BCUT2D eigenvalue weighted by Gasteiger charge is 2.43. The molecule has 4 amide bonds. The highest BCUT2D eigenvalue weighted by atomic mass is 35.5. The van der Waals surface area contributed by atoms with Gasteiger partial charge in [-0.05, 0) is 116 Å². The molecule has 0 radical (unpaired) electrons. The zero-order chi connectivity index (χ0) is 64.8. The van der Waals surface area contributed by atoms with E-state index in [0.29, 0.717) is 29.2 Å². The largest absolute Gasteiger partial charge is 0.451 e. The second-order valence-corrected chi connectivity index (χ2v) is 25.5. The molecule has 6 rings (SSSR count). The van der Waals surface area contributed by atoms with Gasteiger partial charge in [0.2, 0.25) is 0 Å². The van der Waals surface area contributed by atoms with Gasteiger partial charge in [-0.15, -0.1) is 0 Å². The Kier molecular flexibility index (Phi) is 24.7. The van der Waals surface area contributed by atoms with Gasteiger partial charge in [0, 0.05) is 64.0 Å². The summed E-state index contributed by atoms with van der Waals surface area (Å²) < 4.78 is 27.9. The van der Waals surface area contributed by atoms with Crippen LogP contribution in [0.15, 0.2) is 97.6 Å². The molecule has 88 heavy (non-hydrogen) atoms. The van der Waals surface area contributed by atoms with Gasteiger partial charge >= 0.3 is 23.9 Å². The van der Waals surface area contributed by atoms with E-state index in [-0.39, 0.29) is 62.2 Å². The van der Waals surface area contributed by atoms with Gasteiger partial charge in [0.05, 0.1) is 25.5 Å². The summed E-state index contributed by atoms with van der Waals surface area (Å²) in [6, 6.07) is 17.0. The molecule has 21 heteroatoms. The molecule has 3 heterocycles.